The van der Waals surface area contributed by atoms with Crippen LogP contribution in [0, 0.1) is 0 Å². The minimum atomic E-state index is -4.38. The zero-order valence-electron chi connectivity index (χ0n) is 8.13. The van der Waals surface area contributed by atoms with Crippen LogP contribution in [0.2, 0.25) is 0 Å². The molecule has 0 amide bonds. The van der Waals surface area contributed by atoms with Crippen molar-refractivity contribution in [3.8, 4) is 0 Å². The Balaban J connectivity index is 2.64. The summed E-state index contributed by atoms with van der Waals surface area (Å²) in [5.41, 5.74) is 0.412. The van der Waals surface area contributed by atoms with E-state index in [-0.39, 0.29) is 13.0 Å². The Hall–Kier alpha value is -1.04. The zero-order valence-corrected chi connectivity index (χ0v) is 8.13. The molecule has 1 atom stereocenters. The number of carbonyl (C=O) groups is 1. The lowest BCUT2D eigenvalue weighted by molar-refractivity contribution is -0.224. The number of hydrogen-bond acceptors (Lipinski definition) is 3. The van der Waals surface area contributed by atoms with Gasteiger partial charge in [-0.05, 0) is 6.42 Å². The lowest BCUT2D eigenvalue weighted by Gasteiger charge is -2.26. The van der Waals surface area contributed by atoms with E-state index in [9.17, 15) is 18.0 Å². The smallest absolute Gasteiger partial charge is 0.414 e. The third-order valence-electron chi connectivity index (χ3n) is 2.08. The van der Waals surface area contributed by atoms with E-state index in [0.717, 1.165) is 6.08 Å². The van der Waals surface area contributed by atoms with Crippen molar-refractivity contribution in [2.24, 2.45) is 0 Å². The lowest BCUT2D eigenvalue weighted by Crippen LogP contribution is -2.35. The molecule has 0 bridgehead atoms. The fourth-order valence-electron chi connectivity index (χ4n) is 1.30. The summed E-state index contributed by atoms with van der Waals surface area (Å²) in [6.45, 7) is -0.0208. The molecule has 86 valence electrons. The van der Waals surface area contributed by atoms with Crippen LogP contribution in [0.3, 0.4) is 0 Å². The molecule has 1 unspecified atom stereocenters. The quantitative estimate of drug-likeness (QED) is 0.503. The fourth-order valence-corrected chi connectivity index (χ4v) is 1.30. The number of methoxy groups -OCH3 is 1. The minimum absolute atomic E-state index is 0.0208. The predicted octanol–water partition coefficient (Wildman–Crippen LogP) is 1.83. The predicted molar refractivity (Wildman–Crippen MR) is 45.1 cm³/mol. The molecule has 1 aliphatic rings. The maximum Gasteiger partial charge on any atom is 0.414 e. The highest BCUT2D eigenvalue weighted by Gasteiger charge is 2.42. The highest BCUT2D eigenvalue weighted by molar-refractivity contribution is 5.82. The third kappa shape index (κ3) is 3.54. The number of esters is 1. The first-order chi connectivity index (χ1) is 6.93. The van der Waals surface area contributed by atoms with Gasteiger partial charge in [0.2, 0.25) is 0 Å². The molecule has 0 radical (unpaired) electrons. The van der Waals surface area contributed by atoms with Crippen LogP contribution < -0.4 is 0 Å². The first-order valence-corrected chi connectivity index (χ1v) is 4.39. The molecule has 0 aromatic carbocycles. The maximum absolute atomic E-state index is 12.3. The van der Waals surface area contributed by atoms with Crippen LogP contribution in [-0.4, -0.2) is 32.0 Å². The van der Waals surface area contributed by atoms with Crippen molar-refractivity contribution in [1.29, 1.82) is 0 Å². The summed E-state index contributed by atoms with van der Waals surface area (Å²) in [6.07, 6.45) is -5.04. The molecular weight excluding hydrogens is 213 g/mol. The van der Waals surface area contributed by atoms with E-state index in [2.05, 4.69) is 9.47 Å². The number of carbonyl (C=O) groups excluding carboxylic acids is 1. The Labute approximate surface area is 84.8 Å². The van der Waals surface area contributed by atoms with Crippen LogP contribution in [-0.2, 0) is 14.3 Å². The number of rotatable bonds is 1. The second-order valence-electron chi connectivity index (χ2n) is 3.18. The number of hydrogen-bond donors (Lipinski definition) is 0. The Morgan fingerprint density at radius 3 is 2.80 bits per heavy atom. The second-order valence-corrected chi connectivity index (χ2v) is 3.18. The van der Waals surface area contributed by atoms with Gasteiger partial charge in [0.05, 0.1) is 13.7 Å². The van der Waals surface area contributed by atoms with E-state index in [1.807, 2.05) is 0 Å². The van der Waals surface area contributed by atoms with Gasteiger partial charge in [-0.15, -0.1) is 0 Å². The topological polar surface area (TPSA) is 35.5 Å². The van der Waals surface area contributed by atoms with Gasteiger partial charge >= 0.3 is 12.1 Å². The lowest BCUT2D eigenvalue weighted by atomic mass is 10.0. The van der Waals surface area contributed by atoms with Gasteiger partial charge in [-0.2, -0.15) is 13.2 Å². The van der Waals surface area contributed by atoms with Crippen molar-refractivity contribution in [2.45, 2.75) is 25.1 Å². The van der Waals surface area contributed by atoms with Crippen molar-refractivity contribution in [3.63, 3.8) is 0 Å². The van der Waals surface area contributed by atoms with Crippen molar-refractivity contribution >= 4 is 5.97 Å². The van der Waals surface area contributed by atoms with E-state index >= 15 is 0 Å². The summed E-state index contributed by atoms with van der Waals surface area (Å²) >= 11 is 0. The van der Waals surface area contributed by atoms with Crippen molar-refractivity contribution < 1.29 is 27.4 Å². The Morgan fingerprint density at radius 2 is 2.27 bits per heavy atom. The number of halogens is 3. The molecule has 6 heteroatoms. The van der Waals surface area contributed by atoms with E-state index in [1.165, 1.54) is 7.11 Å². The molecule has 1 fully saturated rings. The molecule has 15 heavy (non-hydrogen) atoms. The fraction of sp³-hybridized carbons (Fsp3) is 0.667. The Kier molecular flexibility index (Phi) is 3.73. The van der Waals surface area contributed by atoms with Crippen LogP contribution in [0.1, 0.15) is 12.8 Å². The van der Waals surface area contributed by atoms with Crippen molar-refractivity contribution in [1.82, 2.24) is 0 Å². The van der Waals surface area contributed by atoms with Crippen LogP contribution >= 0.6 is 0 Å². The van der Waals surface area contributed by atoms with Gasteiger partial charge in [0.15, 0.2) is 6.10 Å². The Bertz CT molecular complexity index is 270. The monoisotopic (exact) mass is 224 g/mol. The van der Waals surface area contributed by atoms with Crippen LogP contribution in [0.15, 0.2) is 11.6 Å². The van der Waals surface area contributed by atoms with Gasteiger partial charge in [-0.1, -0.05) is 5.57 Å². The SMILES string of the molecule is COC(=O)/C=C1\CCOC(C(F)(F)F)C1. The molecule has 0 spiro atoms. The summed E-state index contributed by atoms with van der Waals surface area (Å²) in [5, 5.41) is 0. The molecule has 3 nitrogen and oxygen atoms in total. The first-order valence-electron chi connectivity index (χ1n) is 4.39. The van der Waals surface area contributed by atoms with Gasteiger partial charge in [-0.25, -0.2) is 4.79 Å². The second kappa shape index (κ2) is 4.65. The summed E-state index contributed by atoms with van der Waals surface area (Å²) in [5.74, 6) is -0.632. The van der Waals surface area contributed by atoms with E-state index < -0.39 is 18.2 Å². The minimum Gasteiger partial charge on any atom is -0.466 e. The molecule has 0 saturated carbocycles. The number of alkyl halides is 3. The average molecular weight is 224 g/mol. The standard InChI is InChI=1S/C9H11F3O3/c1-14-8(13)5-6-2-3-15-7(4-6)9(10,11)12/h5,7H,2-4H2,1H3/b6-5+. The summed E-state index contributed by atoms with van der Waals surface area (Å²) < 4.78 is 45.7. The highest BCUT2D eigenvalue weighted by atomic mass is 19.4. The first kappa shape index (κ1) is 12.0. The molecule has 1 heterocycles. The molecule has 1 rings (SSSR count). The van der Waals surface area contributed by atoms with Gasteiger partial charge in [-0.3, -0.25) is 0 Å². The molecule has 1 aliphatic heterocycles. The molecular formula is C9H11F3O3. The highest BCUT2D eigenvalue weighted by Crippen LogP contribution is 2.31. The third-order valence-corrected chi connectivity index (χ3v) is 2.08. The van der Waals surface area contributed by atoms with Crippen LogP contribution in [0.4, 0.5) is 13.2 Å². The molecule has 0 aromatic rings. The Morgan fingerprint density at radius 1 is 1.60 bits per heavy atom. The number of ether oxygens (including phenoxy) is 2. The molecule has 0 aromatic heterocycles. The van der Waals surface area contributed by atoms with Gasteiger partial charge < -0.3 is 9.47 Å². The van der Waals surface area contributed by atoms with Crippen molar-refractivity contribution in [2.75, 3.05) is 13.7 Å². The van der Waals surface area contributed by atoms with Gasteiger partial charge in [0.1, 0.15) is 0 Å². The molecule has 0 N–H and O–H groups in total. The van der Waals surface area contributed by atoms with E-state index in [1.54, 1.807) is 0 Å². The van der Waals surface area contributed by atoms with Crippen molar-refractivity contribution in [3.05, 3.63) is 11.6 Å². The van der Waals surface area contributed by atoms with E-state index in [0.29, 0.717) is 12.0 Å². The normalized spacial score (nSPS) is 25.3. The average Bonchev–Trinajstić information content (AvgIpc) is 2.17. The summed E-state index contributed by atoms with van der Waals surface area (Å²) in [7, 11) is 1.18. The van der Waals surface area contributed by atoms with E-state index in [4.69, 9.17) is 0 Å². The van der Waals surface area contributed by atoms with Crippen LogP contribution in [0.25, 0.3) is 0 Å². The van der Waals surface area contributed by atoms with Gasteiger partial charge in [0.25, 0.3) is 0 Å². The van der Waals surface area contributed by atoms with Crippen LogP contribution in [0.5, 0.6) is 0 Å². The molecule has 0 aliphatic carbocycles. The maximum atomic E-state index is 12.3. The molecule has 1 saturated heterocycles. The summed E-state index contributed by atoms with van der Waals surface area (Å²) in [4.78, 5) is 10.8. The largest absolute Gasteiger partial charge is 0.466 e. The van der Waals surface area contributed by atoms with Gasteiger partial charge in [0, 0.05) is 12.5 Å². The zero-order chi connectivity index (χ0) is 11.5. The summed E-state index contributed by atoms with van der Waals surface area (Å²) in [6, 6.07) is 0.